The molecule has 6 heavy (non-hydrogen) atoms. The summed E-state index contributed by atoms with van der Waals surface area (Å²) in [7, 11) is 0. The summed E-state index contributed by atoms with van der Waals surface area (Å²) >= 11 is 0. The van der Waals surface area contributed by atoms with E-state index in [1.165, 1.54) is 0 Å². The van der Waals surface area contributed by atoms with Gasteiger partial charge < -0.3 is 0 Å². The first-order valence-corrected chi connectivity index (χ1v) is 1.30. The molecule has 1 N–H and O–H groups in total. The van der Waals surface area contributed by atoms with E-state index in [4.69, 9.17) is 0 Å². The summed E-state index contributed by atoms with van der Waals surface area (Å²) in [5.41, 5.74) is 0. The maximum absolute atomic E-state index is 3.49. The molecule has 0 aromatic carbocycles. The van der Waals surface area contributed by atoms with E-state index in [0.717, 1.165) is 0 Å². The third-order valence-electron chi connectivity index (χ3n) is 0.331. The van der Waals surface area contributed by atoms with Crippen molar-refractivity contribution < 1.29 is 17.1 Å². The summed E-state index contributed by atoms with van der Waals surface area (Å²) in [6.07, 6.45) is 3.17. The number of aromatic nitrogens is 3. The molecule has 1 aromatic rings. The number of hydrogen-bond donors (Lipinski definition) is 1. The fraction of sp³-hybridized carbons (Fsp3) is 0. The van der Waals surface area contributed by atoms with Gasteiger partial charge >= 0.3 is 17.1 Å². The predicted molar refractivity (Wildman–Crippen MR) is 16.4 cm³/mol. The second-order valence-electron chi connectivity index (χ2n) is 0.656. The second kappa shape index (κ2) is 2.87. The molecule has 4 heteroatoms. The van der Waals surface area contributed by atoms with Gasteiger partial charge in [-0.25, -0.2) is 0 Å². The fourth-order valence-corrected chi connectivity index (χ4v) is 0.167. The molecule has 1 aromatic heterocycles. The van der Waals surface area contributed by atoms with E-state index >= 15 is 0 Å². The molecule has 0 unspecified atom stereocenters. The minimum Gasteiger partial charge on any atom is -0.198 e. The van der Waals surface area contributed by atoms with Crippen molar-refractivity contribution >= 4 is 0 Å². The normalized spacial score (nSPS) is 6.67. The Kier molecular flexibility index (Phi) is 2.71. The van der Waals surface area contributed by atoms with Crippen LogP contribution in [0.1, 0.15) is 0 Å². The minimum atomic E-state index is 0. The van der Waals surface area contributed by atoms with Crippen LogP contribution < -0.4 is 0 Å². The molecule has 1 heterocycles. The Hall–Kier alpha value is -0.341. The van der Waals surface area contributed by atoms with Crippen molar-refractivity contribution in [3.63, 3.8) is 0 Å². The summed E-state index contributed by atoms with van der Waals surface area (Å²) in [5, 5.41) is 9.33. The largest absolute Gasteiger partial charge is 1.00 e. The van der Waals surface area contributed by atoms with Crippen molar-refractivity contribution in [1.82, 2.24) is 15.4 Å². The van der Waals surface area contributed by atoms with E-state index < -0.39 is 0 Å². The molecule has 0 radical (unpaired) electrons. The van der Waals surface area contributed by atoms with Gasteiger partial charge in [0, 0.05) is 0 Å². The summed E-state index contributed by atoms with van der Waals surface area (Å²) in [4.78, 5) is 0. The summed E-state index contributed by atoms with van der Waals surface area (Å²) < 4.78 is 0. The first-order valence-electron chi connectivity index (χ1n) is 1.30. The molecule has 0 amide bonds. The summed E-state index contributed by atoms with van der Waals surface area (Å²) in [5.74, 6) is 0. The Labute approximate surface area is 45.6 Å². The van der Waals surface area contributed by atoms with Crippen molar-refractivity contribution in [1.29, 1.82) is 0 Å². The van der Waals surface area contributed by atoms with Gasteiger partial charge in [-0.15, -0.1) is 0 Å². The Bertz CT molecular complexity index is 65.3. The third-order valence-corrected chi connectivity index (χ3v) is 0.331. The van der Waals surface area contributed by atoms with Gasteiger partial charge in [0.1, 0.15) is 0 Å². The standard InChI is InChI=1S/C2H3N3.Cu/c1-2-4-5-3-1;/h1-2H,(H,3,4,5);/q;+1. The number of H-pyrrole nitrogens is 1. The van der Waals surface area contributed by atoms with Crippen LogP contribution in [0.2, 0.25) is 0 Å². The molecule has 0 aliphatic rings. The quantitative estimate of drug-likeness (QED) is 0.497. The zero-order chi connectivity index (χ0) is 3.54. The van der Waals surface area contributed by atoms with Crippen LogP contribution in [0.25, 0.3) is 0 Å². The molecular formula is C2H3CuN3+. The topological polar surface area (TPSA) is 41.6 Å². The zero-order valence-corrected chi connectivity index (χ0v) is 3.79. The maximum Gasteiger partial charge on any atom is 1.00 e. The molecule has 0 spiro atoms. The predicted octanol–water partition coefficient (Wildman–Crippen LogP) is -0.198. The molecular weight excluding hydrogens is 130 g/mol. The molecule has 0 saturated heterocycles. The SMILES string of the molecule is [Cu+].c1cn[nH]n1. The van der Waals surface area contributed by atoms with Gasteiger partial charge in [0.05, 0.1) is 12.4 Å². The van der Waals surface area contributed by atoms with Gasteiger partial charge in [0.2, 0.25) is 0 Å². The monoisotopic (exact) mass is 132 g/mol. The Morgan fingerprint density at radius 1 is 1.17 bits per heavy atom. The fourth-order valence-electron chi connectivity index (χ4n) is 0.167. The number of hydrogen-bond acceptors (Lipinski definition) is 2. The van der Waals surface area contributed by atoms with Crippen molar-refractivity contribution in [3.05, 3.63) is 12.4 Å². The van der Waals surface area contributed by atoms with Crippen molar-refractivity contribution in [2.45, 2.75) is 0 Å². The van der Waals surface area contributed by atoms with Crippen molar-refractivity contribution in [3.8, 4) is 0 Å². The van der Waals surface area contributed by atoms with Crippen LogP contribution in [0.3, 0.4) is 0 Å². The van der Waals surface area contributed by atoms with Crippen LogP contribution >= 0.6 is 0 Å². The van der Waals surface area contributed by atoms with Gasteiger partial charge in [-0.3, -0.25) is 0 Å². The van der Waals surface area contributed by atoms with Gasteiger partial charge in [-0.2, -0.15) is 15.4 Å². The Morgan fingerprint density at radius 3 is 1.83 bits per heavy atom. The van der Waals surface area contributed by atoms with Gasteiger partial charge in [-0.1, -0.05) is 0 Å². The van der Waals surface area contributed by atoms with Crippen LogP contribution in [0, 0.1) is 0 Å². The first-order chi connectivity index (χ1) is 2.50. The van der Waals surface area contributed by atoms with E-state index in [-0.39, 0.29) is 17.1 Å². The Balaban J connectivity index is 0.000000250. The van der Waals surface area contributed by atoms with E-state index in [1.54, 1.807) is 12.4 Å². The number of aromatic amines is 1. The molecule has 3 nitrogen and oxygen atoms in total. The van der Waals surface area contributed by atoms with Gasteiger partial charge in [-0.05, 0) is 0 Å². The van der Waals surface area contributed by atoms with Crippen LogP contribution in [-0.4, -0.2) is 15.4 Å². The molecule has 0 atom stereocenters. The molecule has 0 aliphatic carbocycles. The molecule has 0 saturated carbocycles. The molecule has 0 fully saturated rings. The summed E-state index contributed by atoms with van der Waals surface area (Å²) in [6.45, 7) is 0. The van der Waals surface area contributed by atoms with Gasteiger partial charge in [0.25, 0.3) is 0 Å². The zero-order valence-electron chi connectivity index (χ0n) is 2.85. The van der Waals surface area contributed by atoms with E-state index in [1.807, 2.05) is 0 Å². The smallest absolute Gasteiger partial charge is 0.198 e. The molecule has 0 bridgehead atoms. The van der Waals surface area contributed by atoms with Gasteiger partial charge in [0.15, 0.2) is 0 Å². The van der Waals surface area contributed by atoms with Crippen molar-refractivity contribution in [2.75, 3.05) is 0 Å². The molecule has 1 rings (SSSR count). The first kappa shape index (κ1) is 5.66. The van der Waals surface area contributed by atoms with E-state index in [9.17, 15) is 0 Å². The van der Waals surface area contributed by atoms with E-state index in [2.05, 4.69) is 15.4 Å². The summed E-state index contributed by atoms with van der Waals surface area (Å²) in [6, 6.07) is 0. The average Bonchev–Trinajstić information content (AvgIpc) is 1.76. The number of nitrogens with zero attached hydrogens (tertiary/aromatic N) is 2. The number of nitrogens with one attached hydrogen (secondary N) is 1. The van der Waals surface area contributed by atoms with E-state index in [0.29, 0.717) is 0 Å². The molecule has 0 aliphatic heterocycles. The van der Waals surface area contributed by atoms with Crippen molar-refractivity contribution in [2.24, 2.45) is 0 Å². The van der Waals surface area contributed by atoms with Crippen LogP contribution in [0.4, 0.5) is 0 Å². The third kappa shape index (κ3) is 1.19. The number of rotatable bonds is 0. The van der Waals surface area contributed by atoms with Crippen LogP contribution in [0.15, 0.2) is 12.4 Å². The van der Waals surface area contributed by atoms with Crippen LogP contribution in [0.5, 0.6) is 0 Å². The average molecular weight is 133 g/mol. The minimum absolute atomic E-state index is 0. The molecule has 36 valence electrons. The second-order valence-corrected chi connectivity index (χ2v) is 0.656. The Morgan fingerprint density at radius 2 is 1.67 bits per heavy atom. The van der Waals surface area contributed by atoms with Crippen LogP contribution in [-0.2, 0) is 17.1 Å². The maximum atomic E-state index is 3.49.